The quantitative estimate of drug-likeness (QED) is 0.463. The highest BCUT2D eigenvalue weighted by molar-refractivity contribution is 6.07. The Labute approximate surface area is 68.0 Å². The molecule has 1 aromatic carbocycles. The van der Waals surface area contributed by atoms with Gasteiger partial charge in [-0.1, -0.05) is 6.07 Å². The summed E-state index contributed by atoms with van der Waals surface area (Å²) in [5.74, 6) is -0.00583. The minimum atomic E-state index is -0.494. The summed E-state index contributed by atoms with van der Waals surface area (Å²) >= 11 is 0. The van der Waals surface area contributed by atoms with Crippen LogP contribution < -0.4 is 0 Å². The van der Waals surface area contributed by atoms with E-state index >= 15 is 0 Å². The molecule has 60 valence electrons. The van der Waals surface area contributed by atoms with Gasteiger partial charge in [-0.3, -0.25) is 14.9 Å². The fraction of sp³-hybridized carbons (Fsp3) is 0.125. The Balaban J connectivity index is 2.52. The van der Waals surface area contributed by atoms with Crippen molar-refractivity contribution in [1.29, 1.82) is 0 Å². The number of nitro benzene ring substituents is 1. The van der Waals surface area contributed by atoms with E-state index in [0.29, 0.717) is 12.0 Å². The van der Waals surface area contributed by atoms with Gasteiger partial charge in [0.2, 0.25) is 0 Å². The van der Waals surface area contributed by atoms with Gasteiger partial charge in [0, 0.05) is 24.1 Å². The van der Waals surface area contributed by atoms with Gasteiger partial charge in [0.15, 0.2) is 5.78 Å². The fourth-order valence-electron chi connectivity index (χ4n) is 1.25. The Morgan fingerprint density at radius 3 is 2.75 bits per heavy atom. The number of nitro groups is 1. The van der Waals surface area contributed by atoms with E-state index in [4.69, 9.17) is 0 Å². The van der Waals surface area contributed by atoms with Crippen molar-refractivity contribution in [3.05, 3.63) is 39.4 Å². The van der Waals surface area contributed by atoms with Gasteiger partial charge >= 0.3 is 0 Å². The summed E-state index contributed by atoms with van der Waals surface area (Å²) in [7, 11) is 0. The Morgan fingerprint density at radius 1 is 1.42 bits per heavy atom. The van der Waals surface area contributed by atoms with Crippen molar-refractivity contribution in [3.63, 3.8) is 0 Å². The van der Waals surface area contributed by atoms with Crippen LogP contribution in [-0.2, 0) is 6.42 Å². The van der Waals surface area contributed by atoms with Gasteiger partial charge in [-0.05, 0) is 5.56 Å². The Kier molecular flexibility index (Phi) is 1.24. The molecule has 4 heteroatoms. The van der Waals surface area contributed by atoms with E-state index in [1.54, 1.807) is 6.07 Å². The van der Waals surface area contributed by atoms with E-state index in [1.807, 2.05) is 0 Å². The maximum absolute atomic E-state index is 10.9. The largest absolute Gasteiger partial charge is 0.294 e. The van der Waals surface area contributed by atoms with Crippen molar-refractivity contribution < 1.29 is 9.72 Å². The van der Waals surface area contributed by atoms with Gasteiger partial charge in [-0.2, -0.15) is 0 Å². The molecule has 0 radical (unpaired) electrons. The molecule has 0 heterocycles. The first-order chi connectivity index (χ1) is 5.68. The summed E-state index contributed by atoms with van der Waals surface area (Å²) in [6.07, 6.45) is 0.424. The highest BCUT2D eigenvalue weighted by Gasteiger charge is 2.25. The number of hydrogen-bond acceptors (Lipinski definition) is 3. The molecular formula is C8H5NO3. The average molecular weight is 163 g/mol. The van der Waals surface area contributed by atoms with Crippen LogP contribution in [0.1, 0.15) is 15.9 Å². The lowest BCUT2D eigenvalue weighted by molar-refractivity contribution is -0.384. The number of Topliss-reactive ketones (excluding diaryl/α,β-unsaturated/α-hetero) is 1. The SMILES string of the molecule is O=C1Cc2ccc([N+](=O)[O-])cc21. The number of benzene rings is 1. The second-order valence-electron chi connectivity index (χ2n) is 2.70. The van der Waals surface area contributed by atoms with Gasteiger partial charge in [-0.15, -0.1) is 0 Å². The zero-order valence-corrected chi connectivity index (χ0v) is 6.11. The van der Waals surface area contributed by atoms with Crippen molar-refractivity contribution in [1.82, 2.24) is 0 Å². The minimum absolute atomic E-state index is 0.00583. The Morgan fingerprint density at radius 2 is 2.17 bits per heavy atom. The zero-order chi connectivity index (χ0) is 8.72. The molecule has 0 bridgehead atoms. The van der Waals surface area contributed by atoms with Crippen molar-refractivity contribution in [3.8, 4) is 0 Å². The monoisotopic (exact) mass is 163 g/mol. The number of non-ortho nitro benzene ring substituents is 1. The summed E-state index contributed by atoms with van der Waals surface area (Å²) in [5.41, 5.74) is 1.40. The third-order valence-electron chi connectivity index (χ3n) is 1.96. The third kappa shape index (κ3) is 0.812. The molecule has 12 heavy (non-hydrogen) atoms. The summed E-state index contributed by atoms with van der Waals surface area (Å²) in [5, 5.41) is 10.3. The minimum Gasteiger partial charge on any atom is -0.294 e. The number of carbonyl (C=O) groups is 1. The van der Waals surface area contributed by atoms with Crippen molar-refractivity contribution in [2.24, 2.45) is 0 Å². The normalized spacial score (nSPS) is 13.5. The lowest BCUT2D eigenvalue weighted by atomic mass is 9.87. The molecule has 0 unspecified atom stereocenters. The van der Waals surface area contributed by atoms with Crippen LogP contribution in [0.4, 0.5) is 5.69 Å². The first-order valence-electron chi connectivity index (χ1n) is 3.49. The molecule has 0 saturated heterocycles. The van der Waals surface area contributed by atoms with Crippen molar-refractivity contribution >= 4 is 11.5 Å². The lowest BCUT2D eigenvalue weighted by Crippen LogP contribution is -2.18. The molecule has 0 atom stereocenters. The molecule has 0 fully saturated rings. The second-order valence-corrected chi connectivity index (χ2v) is 2.70. The van der Waals surface area contributed by atoms with E-state index in [2.05, 4.69) is 0 Å². The molecule has 2 rings (SSSR count). The molecule has 0 N–H and O–H groups in total. The maximum Gasteiger partial charge on any atom is 0.270 e. The topological polar surface area (TPSA) is 60.2 Å². The standard InChI is InChI=1S/C8H5NO3/c10-8-3-5-1-2-6(9(11)12)4-7(5)8/h1-2,4H,3H2. The van der Waals surface area contributed by atoms with E-state index in [1.165, 1.54) is 12.1 Å². The highest BCUT2D eigenvalue weighted by Crippen LogP contribution is 2.26. The molecular weight excluding hydrogens is 158 g/mol. The molecule has 0 saturated carbocycles. The highest BCUT2D eigenvalue weighted by atomic mass is 16.6. The summed E-state index contributed by atoms with van der Waals surface area (Å²) in [6, 6.07) is 4.39. The van der Waals surface area contributed by atoms with Crippen LogP contribution in [0.25, 0.3) is 0 Å². The number of rotatable bonds is 1. The summed E-state index contributed by atoms with van der Waals surface area (Å²) in [6.45, 7) is 0. The van der Waals surface area contributed by atoms with Crippen molar-refractivity contribution in [2.75, 3.05) is 0 Å². The first kappa shape index (κ1) is 6.97. The molecule has 0 aliphatic heterocycles. The van der Waals surface area contributed by atoms with Gasteiger partial charge in [0.25, 0.3) is 5.69 Å². The lowest BCUT2D eigenvalue weighted by Gasteiger charge is -2.15. The van der Waals surface area contributed by atoms with E-state index in [-0.39, 0.29) is 11.5 Å². The van der Waals surface area contributed by atoms with E-state index < -0.39 is 4.92 Å². The number of hydrogen-bond donors (Lipinski definition) is 0. The van der Waals surface area contributed by atoms with Crippen LogP contribution in [0.3, 0.4) is 0 Å². The Bertz CT molecular complexity index is 384. The predicted molar refractivity (Wildman–Crippen MR) is 41.1 cm³/mol. The molecule has 1 aliphatic carbocycles. The molecule has 0 spiro atoms. The maximum atomic E-state index is 10.9. The summed E-state index contributed by atoms with van der Waals surface area (Å²) < 4.78 is 0. The van der Waals surface area contributed by atoms with Crippen LogP contribution in [0.5, 0.6) is 0 Å². The predicted octanol–water partition coefficient (Wildman–Crippen LogP) is 1.33. The third-order valence-corrected chi connectivity index (χ3v) is 1.96. The van der Waals surface area contributed by atoms with Crippen LogP contribution in [0, 0.1) is 10.1 Å². The van der Waals surface area contributed by atoms with Gasteiger partial charge in [0.05, 0.1) is 4.92 Å². The van der Waals surface area contributed by atoms with Gasteiger partial charge in [0.1, 0.15) is 0 Å². The number of ketones is 1. The van der Waals surface area contributed by atoms with Crippen LogP contribution in [0.2, 0.25) is 0 Å². The average Bonchev–Trinajstić information content (AvgIpc) is 2.02. The molecule has 1 aromatic rings. The second kappa shape index (κ2) is 2.14. The van der Waals surface area contributed by atoms with Gasteiger partial charge in [-0.25, -0.2) is 0 Å². The molecule has 0 amide bonds. The fourth-order valence-corrected chi connectivity index (χ4v) is 1.25. The molecule has 1 aliphatic rings. The zero-order valence-electron chi connectivity index (χ0n) is 6.11. The number of carbonyl (C=O) groups excluding carboxylic acids is 1. The van der Waals surface area contributed by atoms with Crippen LogP contribution in [0.15, 0.2) is 18.2 Å². The van der Waals surface area contributed by atoms with E-state index in [0.717, 1.165) is 5.56 Å². The number of fused-ring (bicyclic) bond motifs is 1. The van der Waals surface area contributed by atoms with E-state index in [9.17, 15) is 14.9 Å². The smallest absolute Gasteiger partial charge is 0.270 e. The first-order valence-corrected chi connectivity index (χ1v) is 3.49. The Hall–Kier alpha value is -1.71. The summed E-state index contributed by atoms with van der Waals surface area (Å²) in [4.78, 5) is 20.7. The molecule has 0 aromatic heterocycles. The van der Waals surface area contributed by atoms with Crippen molar-refractivity contribution in [2.45, 2.75) is 6.42 Å². The van der Waals surface area contributed by atoms with Crippen LogP contribution in [-0.4, -0.2) is 10.7 Å². The van der Waals surface area contributed by atoms with Crippen LogP contribution >= 0.6 is 0 Å². The van der Waals surface area contributed by atoms with Gasteiger partial charge < -0.3 is 0 Å². The molecule has 4 nitrogen and oxygen atoms in total. The number of nitrogens with zero attached hydrogens (tertiary/aromatic N) is 1.